The van der Waals surface area contributed by atoms with Crippen molar-refractivity contribution >= 4 is 18.3 Å². The molecule has 1 aromatic rings. The molecule has 1 saturated heterocycles. The van der Waals surface area contributed by atoms with E-state index in [-0.39, 0.29) is 24.4 Å². The van der Waals surface area contributed by atoms with Crippen LogP contribution in [0, 0.1) is 6.92 Å². The third-order valence-electron chi connectivity index (χ3n) is 2.80. The van der Waals surface area contributed by atoms with Gasteiger partial charge in [-0.25, -0.2) is 0 Å². The molecule has 2 heterocycles. The van der Waals surface area contributed by atoms with Crippen LogP contribution in [0.4, 0.5) is 0 Å². The van der Waals surface area contributed by atoms with Gasteiger partial charge in [-0.05, 0) is 25.8 Å². The molecule has 90 valence electrons. The zero-order valence-corrected chi connectivity index (χ0v) is 10.1. The first-order valence-corrected chi connectivity index (χ1v) is 5.27. The first-order valence-electron chi connectivity index (χ1n) is 5.27. The van der Waals surface area contributed by atoms with Crippen molar-refractivity contribution in [2.45, 2.75) is 25.8 Å². The van der Waals surface area contributed by atoms with Gasteiger partial charge in [0.1, 0.15) is 0 Å². The van der Waals surface area contributed by atoms with Crippen LogP contribution in [0.25, 0.3) is 0 Å². The van der Waals surface area contributed by atoms with E-state index in [1.807, 2.05) is 6.92 Å². The lowest BCUT2D eigenvalue weighted by atomic mass is 10.1. The Kier molecular flexibility index (Phi) is 4.38. The van der Waals surface area contributed by atoms with Crippen molar-refractivity contribution in [3.8, 4) is 0 Å². The minimum atomic E-state index is -0.0346. The van der Waals surface area contributed by atoms with E-state index in [0.717, 1.165) is 24.9 Å². The van der Waals surface area contributed by atoms with Gasteiger partial charge in [-0.1, -0.05) is 0 Å². The van der Waals surface area contributed by atoms with Gasteiger partial charge in [0, 0.05) is 24.7 Å². The maximum absolute atomic E-state index is 12.0. The molecule has 4 nitrogen and oxygen atoms in total. The molecule has 0 bridgehead atoms. The molecule has 0 aliphatic carbocycles. The number of aryl methyl sites for hydroxylation is 1. The van der Waals surface area contributed by atoms with Crippen LogP contribution >= 0.6 is 12.4 Å². The Hall–Kier alpha value is -1.00. The number of furan rings is 1. The van der Waals surface area contributed by atoms with Crippen molar-refractivity contribution in [1.29, 1.82) is 0 Å². The summed E-state index contributed by atoms with van der Waals surface area (Å²) in [6.07, 6.45) is 3.53. The molecule has 0 aromatic carbocycles. The number of nitrogens with zero attached hydrogens (tertiary/aromatic N) is 1. The summed E-state index contributed by atoms with van der Waals surface area (Å²) in [4.78, 5) is 13.8. The number of rotatable bonds is 1. The molecule has 0 spiro atoms. The molecule has 0 saturated carbocycles. The number of hydrogen-bond donors (Lipinski definition) is 1. The molecule has 1 aromatic heterocycles. The van der Waals surface area contributed by atoms with Crippen LogP contribution in [0.5, 0.6) is 0 Å². The normalized spacial score (nSPS) is 20.4. The van der Waals surface area contributed by atoms with Crippen molar-refractivity contribution in [2.75, 3.05) is 13.1 Å². The zero-order chi connectivity index (χ0) is 10.8. The van der Waals surface area contributed by atoms with Crippen LogP contribution in [-0.4, -0.2) is 29.9 Å². The fraction of sp³-hybridized carbons (Fsp3) is 0.545. The van der Waals surface area contributed by atoms with E-state index in [0.29, 0.717) is 12.3 Å². The Bertz CT molecular complexity index is 365. The van der Waals surface area contributed by atoms with E-state index >= 15 is 0 Å². The topological polar surface area (TPSA) is 59.5 Å². The lowest BCUT2D eigenvalue weighted by molar-refractivity contribution is 0.0675. The molecular formula is C11H17ClN2O2. The number of carbonyl (C=O) groups excluding carboxylic acids is 1. The quantitative estimate of drug-likeness (QED) is 0.816. The van der Waals surface area contributed by atoms with Crippen molar-refractivity contribution in [3.63, 3.8) is 0 Å². The molecule has 16 heavy (non-hydrogen) atoms. The highest BCUT2D eigenvalue weighted by Crippen LogP contribution is 2.15. The SMILES string of the molecule is Cc1ccoc1C(=O)N1CCC[C@@H](N)C1.Cl. The summed E-state index contributed by atoms with van der Waals surface area (Å²) < 4.78 is 5.18. The van der Waals surface area contributed by atoms with E-state index in [2.05, 4.69) is 0 Å². The summed E-state index contributed by atoms with van der Waals surface area (Å²) >= 11 is 0. The highest BCUT2D eigenvalue weighted by molar-refractivity contribution is 5.92. The van der Waals surface area contributed by atoms with Gasteiger partial charge >= 0.3 is 0 Å². The van der Waals surface area contributed by atoms with Crippen molar-refractivity contribution in [3.05, 3.63) is 23.7 Å². The number of carbonyl (C=O) groups is 1. The van der Waals surface area contributed by atoms with E-state index in [1.54, 1.807) is 17.2 Å². The maximum Gasteiger partial charge on any atom is 0.289 e. The first-order chi connectivity index (χ1) is 7.18. The number of halogens is 1. The number of piperidine rings is 1. The third-order valence-corrected chi connectivity index (χ3v) is 2.80. The second-order valence-electron chi connectivity index (χ2n) is 4.09. The minimum Gasteiger partial charge on any atom is -0.459 e. The van der Waals surface area contributed by atoms with Gasteiger partial charge in [0.05, 0.1) is 6.26 Å². The molecule has 1 aliphatic rings. The summed E-state index contributed by atoms with van der Waals surface area (Å²) in [5.74, 6) is 0.414. The largest absolute Gasteiger partial charge is 0.459 e. The summed E-state index contributed by atoms with van der Waals surface area (Å²) in [6.45, 7) is 3.30. The molecule has 0 unspecified atom stereocenters. The average molecular weight is 245 g/mol. The van der Waals surface area contributed by atoms with Gasteiger partial charge in [0.25, 0.3) is 5.91 Å². The van der Waals surface area contributed by atoms with Gasteiger partial charge in [-0.3, -0.25) is 4.79 Å². The highest BCUT2D eigenvalue weighted by atomic mass is 35.5. The number of likely N-dealkylation sites (tertiary alicyclic amines) is 1. The fourth-order valence-corrected chi connectivity index (χ4v) is 1.93. The smallest absolute Gasteiger partial charge is 0.289 e. The van der Waals surface area contributed by atoms with Crippen molar-refractivity contribution in [1.82, 2.24) is 4.90 Å². The van der Waals surface area contributed by atoms with E-state index < -0.39 is 0 Å². The molecule has 1 atom stereocenters. The number of amides is 1. The van der Waals surface area contributed by atoms with Gasteiger partial charge < -0.3 is 15.1 Å². The Morgan fingerprint density at radius 1 is 1.62 bits per heavy atom. The van der Waals surface area contributed by atoms with E-state index in [4.69, 9.17) is 10.2 Å². The Morgan fingerprint density at radius 2 is 2.38 bits per heavy atom. The maximum atomic E-state index is 12.0. The van der Waals surface area contributed by atoms with Crippen molar-refractivity contribution < 1.29 is 9.21 Å². The van der Waals surface area contributed by atoms with Crippen LogP contribution < -0.4 is 5.73 Å². The fourth-order valence-electron chi connectivity index (χ4n) is 1.93. The first kappa shape index (κ1) is 13.1. The molecule has 1 fully saturated rings. The molecule has 0 radical (unpaired) electrons. The molecule has 1 aliphatic heterocycles. The van der Waals surface area contributed by atoms with Gasteiger partial charge in [-0.15, -0.1) is 12.4 Å². The van der Waals surface area contributed by atoms with Crippen LogP contribution in [0.3, 0.4) is 0 Å². The van der Waals surface area contributed by atoms with Crippen LogP contribution in [0.2, 0.25) is 0 Å². The summed E-state index contributed by atoms with van der Waals surface area (Å²) in [7, 11) is 0. The molecule has 1 amide bonds. The summed E-state index contributed by atoms with van der Waals surface area (Å²) in [5.41, 5.74) is 6.72. The predicted octanol–water partition coefficient (Wildman–Crippen LogP) is 1.57. The zero-order valence-electron chi connectivity index (χ0n) is 9.31. The third kappa shape index (κ3) is 2.57. The standard InChI is InChI=1S/C11H16N2O2.ClH/c1-8-4-6-15-10(8)11(14)13-5-2-3-9(12)7-13;/h4,6,9H,2-3,5,7,12H2,1H3;1H/t9-;/m1./s1. The monoisotopic (exact) mass is 244 g/mol. The van der Waals surface area contributed by atoms with Gasteiger partial charge in [-0.2, -0.15) is 0 Å². The van der Waals surface area contributed by atoms with E-state index in [1.165, 1.54) is 0 Å². The lowest BCUT2D eigenvalue weighted by Gasteiger charge is -2.30. The Morgan fingerprint density at radius 3 is 2.94 bits per heavy atom. The summed E-state index contributed by atoms with van der Waals surface area (Å²) in [5, 5.41) is 0. The van der Waals surface area contributed by atoms with Gasteiger partial charge in [0.2, 0.25) is 0 Å². The predicted molar refractivity (Wildman–Crippen MR) is 63.8 cm³/mol. The number of hydrogen-bond acceptors (Lipinski definition) is 3. The summed E-state index contributed by atoms with van der Waals surface area (Å²) in [6, 6.07) is 1.91. The van der Waals surface area contributed by atoms with Gasteiger partial charge in [0.15, 0.2) is 5.76 Å². The van der Waals surface area contributed by atoms with E-state index in [9.17, 15) is 4.79 Å². The minimum absolute atomic E-state index is 0. The van der Waals surface area contributed by atoms with Crippen LogP contribution in [0.15, 0.2) is 16.7 Å². The van der Waals surface area contributed by atoms with Crippen LogP contribution in [0.1, 0.15) is 29.0 Å². The van der Waals surface area contributed by atoms with Crippen molar-refractivity contribution in [2.24, 2.45) is 5.73 Å². The molecule has 5 heteroatoms. The highest BCUT2D eigenvalue weighted by Gasteiger charge is 2.24. The Labute approximate surface area is 101 Å². The van der Waals surface area contributed by atoms with Crippen LogP contribution in [-0.2, 0) is 0 Å². The molecular weight excluding hydrogens is 228 g/mol. The Balaban J connectivity index is 0.00000128. The lowest BCUT2D eigenvalue weighted by Crippen LogP contribution is -2.45. The molecule has 2 rings (SSSR count). The second-order valence-corrected chi connectivity index (χ2v) is 4.09. The molecule has 2 N–H and O–H groups in total. The second kappa shape index (κ2) is 5.37. The average Bonchev–Trinajstić information content (AvgIpc) is 2.63. The number of nitrogens with two attached hydrogens (primary N) is 1.